The molecule has 0 amide bonds. The van der Waals surface area contributed by atoms with Crippen molar-refractivity contribution in [3.05, 3.63) is 51.7 Å². The summed E-state index contributed by atoms with van der Waals surface area (Å²) in [7, 11) is -1.25. The van der Waals surface area contributed by atoms with Gasteiger partial charge in [0.05, 0.1) is 9.75 Å². The summed E-state index contributed by atoms with van der Waals surface area (Å²) in [5.41, 5.74) is 1.72. The third kappa shape index (κ3) is 8.54. The number of thiophene rings is 2. The molecule has 0 aliphatic carbocycles. The molecule has 2 unspecified atom stereocenters. The molecule has 1 aromatic carbocycles. The highest BCUT2D eigenvalue weighted by Gasteiger charge is 2.45. The maximum absolute atomic E-state index is 2.64. The van der Waals surface area contributed by atoms with Crippen LogP contribution in [-0.2, 0) is 11.8 Å². The van der Waals surface area contributed by atoms with E-state index < -0.39 is 10.0 Å². The Morgan fingerprint density at radius 2 is 1.32 bits per heavy atom. The van der Waals surface area contributed by atoms with Crippen molar-refractivity contribution >= 4 is 32.7 Å². The molecule has 3 aromatic rings. The molecule has 41 heavy (non-hydrogen) atoms. The van der Waals surface area contributed by atoms with Crippen LogP contribution in [0.5, 0.6) is 0 Å². The molecule has 0 fully saturated rings. The highest BCUT2D eigenvalue weighted by atomic mass is 32.3. The van der Waals surface area contributed by atoms with E-state index in [1.807, 2.05) is 39.0 Å². The molecular weight excluding hydrogens is 553 g/mol. The predicted molar refractivity (Wildman–Crippen MR) is 193 cm³/mol. The lowest BCUT2D eigenvalue weighted by molar-refractivity contribution is 0.497. The molecule has 2 atom stereocenters. The van der Waals surface area contributed by atoms with Crippen LogP contribution >= 0.6 is 32.7 Å². The Bertz CT molecular complexity index is 1140. The van der Waals surface area contributed by atoms with Gasteiger partial charge in [-0.15, -0.1) is 22.7 Å². The molecule has 0 radical (unpaired) electrons. The fourth-order valence-corrected chi connectivity index (χ4v) is 13.9. The molecule has 1 aliphatic heterocycles. The number of hydrogen-bond donors (Lipinski definition) is 0. The standard InChI is InChI=1S/C34H50S3.2C2H6/c1-8-11-13-14-15-17-27-18-20-28(21-19-27)37(24-26(10-3)16-12-9-2)29-22-25(4)35-32(29)33-30(37)23-31(36-33)34(5,6)7;2*1-2/h18-23,26H,8-17,24H2,1-7H3;2*1-2H3. The van der Waals surface area contributed by atoms with Crippen LogP contribution in [0.1, 0.15) is 142 Å². The topological polar surface area (TPSA) is 0 Å². The number of unbranched alkanes of at least 4 members (excludes halogenated alkanes) is 5. The molecule has 0 nitrogen and oxygen atoms in total. The molecule has 0 saturated carbocycles. The zero-order valence-electron chi connectivity index (χ0n) is 28.5. The average molecular weight is 615 g/mol. The van der Waals surface area contributed by atoms with Crippen LogP contribution in [0.4, 0.5) is 0 Å². The second-order valence-corrected chi connectivity index (χ2v) is 17.7. The molecule has 2 aromatic heterocycles. The summed E-state index contributed by atoms with van der Waals surface area (Å²) in [6, 6.07) is 15.3. The summed E-state index contributed by atoms with van der Waals surface area (Å²) in [5, 5.41) is 0. The van der Waals surface area contributed by atoms with Crippen molar-refractivity contribution in [3.63, 3.8) is 0 Å². The van der Waals surface area contributed by atoms with Gasteiger partial charge in [0, 0.05) is 19.5 Å². The van der Waals surface area contributed by atoms with Crippen molar-refractivity contribution < 1.29 is 0 Å². The van der Waals surface area contributed by atoms with Gasteiger partial charge in [0.25, 0.3) is 0 Å². The summed E-state index contributed by atoms with van der Waals surface area (Å²) in [4.78, 5) is 11.2. The van der Waals surface area contributed by atoms with Crippen molar-refractivity contribution in [2.75, 3.05) is 5.75 Å². The fraction of sp³-hybridized carbons (Fsp3) is 0.632. The van der Waals surface area contributed by atoms with E-state index in [0.29, 0.717) is 0 Å². The van der Waals surface area contributed by atoms with Crippen LogP contribution in [0.25, 0.3) is 9.75 Å². The third-order valence-corrected chi connectivity index (χ3v) is 15.4. The van der Waals surface area contributed by atoms with E-state index in [1.54, 1.807) is 29.3 Å². The predicted octanol–water partition coefficient (Wildman–Crippen LogP) is 14.5. The zero-order valence-corrected chi connectivity index (χ0v) is 31.0. The molecule has 4 rings (SSSR count). The normalized spacial score (nSPS) is 17.8. The summed E-state index contributed by atoms with van der Waals surface area (Å²) in [6.07, 6.45) is 13.3. The van der Waals surface area contributed by atoms with E-state index in [-0.39, 0.29) is 5.41 Å². The lowest BCUT2D eigenvalue weighted by Crippen LogP contribution is -2.15. The number of hydrogen-bond acceptors (Lipinski definition) is 2. The smallest absolute Gasteiger partial charge is 0.0584 e. The monoisotopic (exact) mass is 614 g/mol. The Balaban J connectivity index is 0.00000141. The van der Waals surface area contributed by atoms with Gasteiger partial charge >= 0.3 is 0 Å². The molecule has 0 N–H and O–H groups in total. The lowest BCUT2D eigenvalue weighted by Gasteiger charge is -2.41. The van der Waals surface area contributed by atoms with E-state index in [0.717, 1.165) is 5.92 Å². The van der Waals surface area contributed by atoms with E-state index in [4.69, 9.17) is 0 Å². The maximum Gasteiger partial charge on any atom is 0.0584 e. The van der Waals surface area contributed by atoms with Crippen molar-refractivity contribution in [2.24, 2.45) is 5.92 Å². The van der Waals surface area contributed by atoms with Crippen LogP contribution in [0, 0.1) is 12.8 Å². The average Bonchev–Trinajstić information content (AvgIpc) is 3.65. The summed E-state index contributed by atoms with van der Waals surface area (Å²) < 4.78 is 0. The minimum atomic E-state index is -1.25. The molecule has 0 saturated heterocycles. The van der Waals surface area contributed by atoms with Crippen LogP contribution in [0.2, 0.25) is 0 Å². The van der Waals surface area contributed by atoms with E-state index >= 15 is 0 Å². The van der Waals surface area contributed by atoms with Crippen LogP contribution in [0.15, 0.2) is 51.1 Å². The van der Waals surface area contributed by atoms with Gasteiger partial charge in [-0.3, -0.25) is 0 Å². The Morgan fingerprint density at radius 3 is 1.90 bits per heavy atom. The van der Waals surface area contributed by atoms with Crippen molar-refractivity contribution in [3.8, 4) is 9.75 Å². The van der Waals surface area contributed by atoms with Gasteiger partial charge in [0.2, 0.25) is 0 Å². The lowest BCUT2D eigenvalue weighted by atomic mass is 9.95. The van der Waals surface area contributed by atoms with Crippen molar-refractivity contribution in [1.82, 2.24) is 0 Å². The van der Waals surface area contributed by atoms with Crippen LogP contribution in [0.3, 0.4) is 0 Å². The van der Waals surface area contributed by atoms with Gasteiger partial charge in [-0.1, -0.05) is 126 Å². The highest BCUT2D eigenvalue weighted by molar-refractivity contribution is 8.34. The Labute approximate surface area is 265 Å². The maximum atomic E-state index is 2.64. The molecule has 3 heterocycles. The molecule has 1 aliphatic rings. The molecular formula is C38H62S3. The van der Waals surface area contributed by atoms with E-state index in [1.165, 1.54) is 80.4 Å². The quantitative estimate of drug-likeness (QED) is 0.168. The van der Waals surface area contributed by atoms with Gasteiger partial charge in [0.1, 0.15) is 0 Å². The Morgan fingerprint density at radius 1 is 0.732 bits per heavy atom. The first-order valence-corrected chi connectivity index (χ1v) is 20.3. The van der Waals surface area contributed by atoms with E-state index in [2.05, 4.69) is 96.2 Å². The van der Waals surface area contributed by atoms with Crippen LogP contribution < -0.4 is 0 Å². The van der Waals surface area contributed by atoms with Gasteiger partial charge in [-0.25, -0.2) is 0 Å². The molecule has 3 heteroatoms. The van der Waals surface area contributed by atoms with E-state index in [9.17, 15) is 0 Å². The molecule has 232 valence electrons. The van der Waals surface area contributed by atoms with Gasteiger partial charge in [-0.05, 0) is 78.0 Å². The second-order valence-electron chi connectivity index (χ2n) is 12.2. The van der Waals surface area contributed by atoms with Crippen molar-refractivity contribution in [1.29, 1.82) is 0 Å². The Hall–Kier alpha value is -1.03. The highest BCUT2D eigenvalue weighted by Crippen LogP contribution is 2.79. The SMILES string of the molecule is CC.CC.CCCCCCCc1ccc(S2(CC(CC)CCCC)c3cc(C)sc3-c3sc(C(C)(C)C)cc32)cc1. The summed E-state index contributed by atoms with van der Waals surface area (Å²) in [6.45, 7) is 24.6. The summed E-state index contributed by atoms with van der Waals surface area (Å²) >= 11 is 4.13. The van der Waals surface area contributed by atoms with Gasteiger partial charge in [0.15, 0.2) is 0 Å². The second kappa shape index (κ2) is 17.3. The number of aryl methyl sites for hydroxylation is 2. The Kier molecular flexibility index (Phi) is 15.3. The zero-order chi connectivity index (χ0) is 30.6. The number of fused-ring (bicyclic) bond motifs is 3. The largest absolute Gasteiger partial charge is 0.157 e. The summed E-state index contributed by atoms with van der Waals surface area (Å²) in [5.74, 6) is 2.10. The number of rotatable bonds is 13. The first-order valence-electron chi connectivity index (χ1n) is 16.9. The van der Waals surface area contributed by atoms with Gasteiger partial charge in [-0.2, -0.15) is 10.0 Å². The minimum absolute atomic E-state index is 0.195. The first-order chi connectivity index (χ1) is 19.7. The fourth-order valence-electron chi connectivity index (χ4n) is 5.79. The van der Waals surface area contributed by atoms with Gasteiger partial charge < -0.3 is 0 Å². The molecule has 0 spiro atoms. The first kappa shape index (κ1) is 36.2. The number of benzene rings is 1. The molecule has 0 bridgehead atoms. The third-order valence-electron chi connectivity index (χ3n) is 8.14. The van der Waals surface area contributed by atoms with Crippen LogP contribution in [-0.4, -0.2) is 5.75 Å². The minimum Gasteiger partial charge on any atom is -0.157 e. The van der Waals surface area contributed by atoms with Crippen molar-refractivity contribution in [2.45, 2.75) is 160 Å².